The number of aromatic nitrogens is 3. The normalized spacial score (nSPS) is 14.3. The Kier molecular flexibility index (Phi) is 6.53. The van der Waals surface area contributed by atoms with Crippen molar-refractivity contribution < 1.29 is 4.74 Å². The van der Waals surface area contributed by atoms with E-state index in [-0.39, 0.29) is 5.56 Å². The first-order chi connectivity index (χ1) is 16.7. The average molecular weight is 456 g/mol. The van der Waals surface area contributed by atoms with E-state index < -0.39 is 0 Å². The summed E-state index contributed by atoms with van der Waals surface area (Å²) in [4.78, 5) is 24.8. The number of fused-ring (bicyclic) bond motifs is 1. The molecule has 2 aromatic carbocycles. The van der Waals surface area contributed by atoms with Gasteiger partial charge in [0.2, 0.25) is 5.95 Å². The van der Waals surface area contributed by atoms with Crippen molar-refractivity contribution in [2.24, 2.45) is 0 Å². The fourth-order valence-corrected chi connectivity index (χ4v) is 4.57. The van der Waals surface area contributed by atoms with Gasteiger partial charge in [-0.05, 0) is 68.2 Å². The zero-order chi connectivity index (χ0) is 23.3. The van der Waals surface area contributed by atoms with Gasteiger partial charge in [-0.15, -0.1) is 0 Å². The Morgan fingerprint density at radius 1 is 1.03 bits per heavy atom. The van der Waals surface area contributed by atoms with E-state index in [4.69, 9.17) is 14.7 Å². The van der Waals surface area contributed by atoms with Gasteiger partial charge >= 0.3 is 0 Å². The van der Waals surface area contributed by atoms with Crippen LogP contribution >= 0.6 is 0 Å². The van der Waals surface area contributed by atoms with Crippen molar-refractivity contribution in [1.29, 1.82) is 0 Å². The van der Waals surface area contributed by atoms with Crippen LogP contribution in [0, 0.1) is 0 Å². The maximum absolute atomic E-state index is 12.9. The summed E-state index contributed by atoms with van der Waals surface area (Å²) >= 11 is 0. The Bertz CT molecular complexity index is 1300. The highest BCUT2D eigenvalue weighted by Gasteiger charge is 2.25. The van der Waals surface area contributed by atoms with Crippen LogP contribution in [0.25, 0.3) is 11.0 Å². The molecule has 5 rings (SSSR count). The molecule has 0 unspecified atom stereocenters. The molecule has 1 N–H and O–H groups in total. The van der Waals surface area contributed by atoms with Gasteiger partial charge in [-0.25, -0.2) is 4.98 Å². The molecule has 0 aliphatic carbocycles. The van der Waals surface area contributed by atoms with E-state index in [0.29, 0.717) is 24.2 Å². The number of ether oxygens (including phenoxy) is 1. The lowest BCUT2D eigenvalue weighted by Crippen LogP contribution is -2.41. The summed E-state index contributed by atoms with van der Waals surface area (Å²) in [6.07, 6.45) is 4.57. The Morgan fingerprint density at radius 2 is 1.79 bits per heavy atom. The van der Waals surface area contributed by atoms with Gasteiger partial charge in [0.25, 0.3) is 5.56 Å². The maximum atomic E-state index is 12.9. The van der Waals surface area contributed by atoms with E-state index in [1.165, 1.54) is 0 Å². The minimum Gasteiger partial charge on any atom is -0.497 e. The summed E-state index contributed by atoms with van der Waals surface area (Å²) < 4.78 is 7.01. The summed E-state index contributed by atoms with van der Waals surface area (Å²) in [5, 5.41) is 4.30. The van der Waals surface area contributed by atoms with Crippen LogP contribution in [-0.4, -0.2) is 40.8 Å². The topological polar surface area (TPSA) is 72.3 Å². The minimum atomic E-state index is -0.0567. The van der Waals surface area contributed by atoms with E-state index >= 15 is 0 Å². The van der Waals surface area contributed by atoms with Crippen LogP contribution < -0.4 is 20.5 Å². The van der Waals surface area contributed by atoms with Gasteiger partial charge in [0.05, 0.1) is 7.11 Å². The smallest absolute Gasteiger partial charge is 0.252 e. The molecule has 1 aliphatic rings. The zero-order valence-electron chi connectivity index (χ0n) is 19.4. The third-order valence-electron chi connectivity index (χ3n) is 6.42. The molecule has 1 aliphatic heterocycles. The van der Waals surface area contributed by atoms with Crippen molar-refractivity contribution in [2.45, 2.75) is 31.8 Å². The van der Waals surface area contributed by atoms with Gasteiger partial charge in [0.15, 0.2) is 0 Å². The van der Waals surface area contributed by atoms with Gasteiger partial charge in [0.1, 0.15) is 11.4 Å². The highest BCUT2D eigenvalue weighted by Crippen LogP contribution is 2.29. The first kappa shape index (κ1) is 22.1. The van der Waals surface area contributed by atoms with Gasteiger partial charge in [-0.2, -0.15) is 4.98 Å². The predicted octanol–water partition coefficient (Wildman–Crippen LogP) is 3.93. The number of nitrogens with one attached hydrogen (secondary N) is 1. The summed E-state index contributed by atoms with van der Waals surface area (Å²) in [6, 6.07) is 21.9. The lowest BCUT2D eigenvalue weighted by Gasteiger charge is -2.34. The maximum Gasteiger partial charge on any atom is 0.252 e. The monoisotopic (exact) mass is 455 g/mol. The van der Waals surface area contributed by atoms with Crippen LogP contribution in [0.4, 0.5) is 11.6 Å². The Balaban J connectivity index is 1.52. The second-order valence-corrected chi connectivity index (χ2v) is 8.56. The largest absolute Gasteiger partial charge is 0.497 e. The molecule has 4 aromatic rings. The van der Waals surface area contributed by atoms with Gasteiger partial charge in [0, 0.05) is 35.9 Å². The third-order valence-corrected chi connectivity index (χ3v) is 6.42. The van der Waals surface area contributed by atoms with Crippen molar-refractivity contribution in [3.8, 4) is 5.75 Å². The number of methoxy groups -OCH3 is 1. The van der Waals surface area contributed by atoms with Crippen molar-refractivity contribution in [3.63, 3.8) is 0 Å². The molecule has 2 aromatic heterocycles. The standard InChI is InChI=1S/C27H29N5O2/c1-34-24-10-7-20(8-11-24)15-18-31-25(33)12-9-21-19-29-27(30-26(21)31)32(22-5-3-2-4-6-22)23-13-16-28-17-14-23/h2-12,19,23,28H,13-18H2,1H3. The molecule has 0 amide bonds. The second-order valence-electron chi connectivity index (χ2n) is 8.56. The average Bonchev–Trinajstić information content (AvgIpc) is 2.90. The Morgan fingerprint density at radius 3 is 2.53 bits per heavy atom. The molecular formula is C27H29N5O2. The van der Waals surface area contributed by atoms with Crippen LogP contribution in [0.2, 0.25) is 0 Å². The highest BCUT2D eigenvalue weighted by atomic mass is 16.5. The van der Waals surface area contributed by atoms with Gasteiger partial charge < -0.3 is 15.0 Å². The van der Waals surface area contributed by atoms with Crippen LogP contribution in [0.3, 0.4) is 0 Å². The number of aryl methyl sites for hydroxylation is 2. The highest BCUT2D eigenvalue weighted by molar-refractivity contribution is 5.76. The van der Waals surface area contributed by atoms with Crippen LogP contribution in [-0.2, 0) is 13.0 Å². The first-order valence-corrected chi connectivity index (χ1v) is 11.8. The summed E-state index contributed by atoms with van der Waals surface area (Å²) in [6.45, 7) is 2.47. The van der Waals surface area contributed by atoms with Crippen LogP contribution in [0.5, 0.6) is 5.75 Å². The number of piperidine rings is 1. The number of hydrogen-bond acceptors (Lipinski definition) is 6. The van der Waals surface area contributed by atoms with Crippen molar-refractivity contribution in [3.05, 3.63) is 88.8 Å². The van der Waals surface area contributed by atoms with E-state index in [0.717, 1.165) is 54.7 Å². The summed E-state index contributed by atoms with van der Waals surface area (Å²) in [5.74, 6) is 1.46. The molecule has 174 valence electrons. The van der Waals surface area contributed by atoms with Crippen LogP contribution in [0.1, 0.15) is 18.4 Å². The Hall–Kier alpha value is -3.71. The van der Waals surface area contributed by atoms with E-state index in [1.807, 2.05) is 54.7 Å². The number of nitrogens with zero attached hydrogens (tertiary/aromatic N) is 4. The summed E-state index contributed by atoms with van der Waals surface area (Å²) in [7, 11) is 1.66. The number of rotatable bonds is 7. The third kappa shape index (κ3) is 4.65. The van der Waals surface area contributed by atoms with Gasteiger partial charge in [-0.1, -0.05) is 30.3 Å². The predicted molar refractivity (Wildman–Crippen MR) is 135 cm³/mol. The molecule has 34 heavy (non-hydrogen) atoms. The number of benzene rings is 2. The van der Waals surface area contributed by atoms with E-state index in [2.05, 4.69) is 22.3 Å². The number of pyridine rings is 1. The minimum absolute atomic E-state index is 0.0567. The quantitative estimate of drug-likeness (QED) is 0.455. The molecule has 0 atom stereocenters. The number of para-hydroxylation sites is 1. The number of anilines is 2. The summed E-state index contributed by atoms with van der Waals surface area (Å²) in [5.41, 5.74) is 2.82. The molecule has 0 radical (unpaired) electrons. The SMILES string of the molecule is COc1ccc(CCn2c(=O)ccc3cnc(N(c4ccccc4)C4CCNCC4)nc32)cc1. The fourth-order valence-electron chi connectivity index (χ4n) is 4.57. The van der Waals surface area contributed by atoms with Crippen molar-refractivity contribution in [2.75, 3.05) is 25.1 Å². The second kappa shape index (κ2) is 10.1. The number of hydrogen-bond donors (Lipinski definition) is 1. The fraction of sp³-hybridized carbons (Fsp3) is 0.296. The molecule has 0 spiro atoms. The lowest BCUT2D eigenvalue weighted by molar-refractivity contribution is 0.414. The molecule has 3 heterocycles. The molecule has 0 saturated carbocycles. The van der Waals surface area contributed by atoms with Crippen molar-refractivity contribution >= 4 is 22.7 Å². The zero-order valence-corrected chi connectivity index (χ0v) is 19.4. The lowest BCUT2D eigenvalue weighted by atomic mass is 10.0. The molecular weight excluding hydrogens is 426 g/mol. The van der Waals surface area contributed by atoms with Crippen molar-refractivity contribution in [1.82, 2.24) is 19.9 Å². The molecule has 1 saturated heterocycles. The molecule has 0 bridgehead atoms. The molecule has 7 heteroatoms. The van der Waals surface area contributed by atoms with Gasteiger partial charge in [-0.3, -0.25) is 9.36 Å². The molecule has 1 fully saturated rings. The molecule has 7 nitrogen and oxygen atoms in total. The first-order valence-electron chi connectivity index (χ1n) is 11.8. The van der Waals surface area contributed by atoms with E-state index in [9.17, 15) is 4.79 Å². The van der Waals surface area contributed by atoms with E-state index in [1.54, 1.807) is 17.7 Å². The van der Waals surface area contributed by atoms with Crippen LogP contribution in [0.15, 0.2) is 77.7 Å². The Labute approximate surface area is 199 Å².